The highest BCUT2D eigenvalue weighted by Gasteiger charge is 2.31. The number of thioether (sulfide) groups is 1. The number of rotatable bonds is 9. The molecule has 33 heavy (non-hydrogen) atoms. The maximum atomic E-state index is 11.6. The average Bonchev–Trinajstić information content (AvgIpc) is 3.11. The third-order valence-electron chi connectivity index (χ3n) is 4.22. The zero-order valence-electron chi connectivity index (χ0n) is 17.7. The first-order valence-electron chi connectivity index (χ1n) is 9.74. The Morgan fingerprint density at radius 1 is 1.12 bits per heavy atom. The molecule has 11 heteroatoms. The fourth-order valence-corrected chi connectivity index (χ4v) is 3.46. The van der Waals surface area contributed by atoms with Crippen LogP contribution >= 0.6 is 11.8 Å². The number of benzene rings is 1. The predicted molar refractivity (Wildman–Crippen MR) is 122 cm³/mol. The molecule has 3 N–H and O–H groups in total. The molecular formula is C22H23N3O7S. The van der Waals surface area contributed by atoms with Gasteiger partial charge in [0, 0.05) is 25.4 Å². The molecule has 2 aromatic rings. The summed E-state index contributed by atoms with van der Waals surface area (Å²) in [5, 5.41) is 17.3. The van der Waals surface area contributed by atoms with E-state index in [1.807, 2.05) is 54.4 Å². The molecule has 0 spiro atoms. The van der Waals surface area contributed by atoms with Gasteiger partial charge in [-0.2, -0.15) is 0 Å². The summed E-state index contributed by atoms with van der Waals surface area (Å²) in [6.07, 6.45) is 3.41. The third kappa shape index (κ3) is 9.44. The van der Waals surface area contributed by atoms with Crippen molar-refractivity contribution in [2.75, 3.05) is 25.1 Å². The number of carboxylic acid groups (broad SMARTS) is 2. The summed E-state index contributed by atoms with van der Waals surface area (Å²) < 4.78 is 5.75. The molecule has 1 saturated heterocycles. The van der Waals surface area contributed by atoms with E-state index in [4.69, 9.17) is 14.9 Å². The molecule has 1 aliphatic heterocycles. The van der Waals surface area contributed by atoms with Crippen LogP contribution in [0.5, 0.6) is 5.75 Å². The van der Waals surface area contributed by atoms with Crippen LogP contribution in [0.2, 0.25) is 0 Å². The number of ether oxygens (including phenoxy) is 1. The van der Waals surface area contributed by atoms with Crippen molar-refractivity contribution in [1.82, 2.24) is 10.3 Å². The number of imide groups is 1. The van der Waals surface area contributed by atoms with E-state index in [1.165, 1.54) is 0 Å². The van der Waals surface area contributed by atoms with Gasteiger partial charge in [0.1, 0.15) is 18.2 Å². The summed E-state index contributed by atoms with van der Waals surface area (Å²) in [5.41, 5.74) is 1.00. The van der Waals surface area contributed by atoms with Crippen molar-refractivity contribution in [3.05, 3.63) is 66.4 Å². The van der Waals surface area contributed by atoms with Crippen LogP contribution in [0.3, 0.4) is 0 Å². The summed E-state index contributed by atoms with van der Waals surface area (Å²) in [7, 11) is 1.97. The van der Waals surface area contributed by atoms with E-state index in [0.29, 0.717) is 25.2 Å². The molecular weight excluding hydrogens is 450 g/mol. The quantitative estimate of drug-likeness (QED) is 0.463. The van der Waals surface area contributed by atoms with Crippen LogP contribution in [0.1, 0.15) is 5.56 Å². The summed E-state index contributed by atoms with van der Waals surface area (Å²) in [4.78, 5) is 48.2. The molecule has 1 aliphatic rings. The second kappa shape index (κ2) is 12.9. The van der Waals surface area contributed by atoms with E-state index in [9.17, 15) is 19.2 Å². The first-order chi connectivity index (χ1) is 15.7. The van der Waals surface area contributed by atoms with Gasteiger partial charge in [0.05, 0.1) is 11.8 Å². The SMILES string of the molecule is CN(CCOc1ccc(CC2SC(=O)NC2=O)cc1)c1ccccn1.O=C(O)/C=C/C(=O)O. The first-order valence-corrected chi connectivity index (χ1v) is 10.6. The number of nitrogens with one attached hydrogen (secondary N) is 1. The summed E-state index contributed by atoms with van der Waals surface area (Å²) >= 11 is 1.05. The van der Waals surface area contributed by atoms with E-state index in [0.717, 1.165) is 35.4 Å². The van der Waals surface area contributed by atoms with Gasteiger partial charge in [-0.1, -0.05) is 30.0 Å². The molecule has 0 bridgehead atoms. The fourth-order valence-electron chi connectivity index (χ4n) is 2.60. The molecule has 2 heterocycles. The Bertz CT molecular complexity index is 981. The lowest BCUT2D eigenvalue weighted by Crippen LogP contribution is -2.25. The third-order valence-corrected chi connectivity index (χ3v) is 5.20. The van der Waals surface area contributed by atoms with Crippen molar-refractivity contribution in [3.8, 4) is 5.75 Å². The molecule has 0 aliphatic carbocycles. The van der Waals surface area contributed by atoms with Crippen LogP contribution in [0, 0.1) is 0 Å². The molecule has 1 aromatic carbocycles. The number of carbonyl (C=O) groups excluding carboxylic acids is 2. The molecule has 0 saturated carbocycles. The number of anilines is 1. The second-order valence-electron chi connectivity index (χ2n) is 6.70. The highest BCUT2D eigenvalue weighted by atomic mass is 32.2. The standard InChI is InChI=1S/C18H19N3O3S.C4H4O4/c1-21(16-4-2-3-9-19-16)10-11-24-14-7-5-13(6-8-14)12-15-17(22)20-18(23)25-15;5-3(6)1-2-4(7)8/h2-9,15H,10-12H2,1H3,(H,20,22,23);1-2H,(H,5,6)(H,7,8)/b;2-1+. The number of likely N-dealkylation sites (N-methyl/N-ethyl adjacent to an activating group) is 1. The van der Waals surface area contributed by atoms with Crippen molar-refractivity contribution in [2.24, 2.45) is 0 Å². The molecule has 1 unspecified atom stereocenters. The van der Waals surface area contributed by atoms with Crippen LogP contribution in [0.15, 0.2) is 60.8 Å². The smallest absolute Gasteiger partial charge is 0.328 e. The van der Waals surface area contributed by atoms with Crippen LogP contribution in [-0.2, 0) is 20.8 Å². The van der Waals surface area contributed by atoms with Crippen molar-refractivity contribution in [3.63, 3.8) is 0 Å². The number of hydrogen-bond donors (Lipinski definition) is 3. The summed E-state index contributed by atoms with van der Waals surface area (Å²) in [6.45, 7) is 1.27. The lowest BCUT2D eigenvalue weighted by Gasteiger charge is -2.18. The van der Waals surface area contributed by atoms with E-state index in [2.05, 4.69) is 10.3 Å². The van der Waals surface area contributed by atoms with Crippen LogP contribution in [-0.4, -0.2) is 63.7 Å². The van der Waals surface area contributed by atoms with Gasteiger partial charge in [-0.15, -0.1) is 0 Å². The molecule has 174 valence electrons. The monoisotopic (exact) mass is 473 g/mol. The minimum Gasteiger partial charge on any atom is -0.492 e. The van der Waals surface area contributed by atoms with Gasteiger partial charge in [-0.05, 0) is 36.2 Å². The number of carbonyl (C=O) groups is 4. The Labute approximate surface area is 194 Å². The molecule has 1 atom stereocenters. The van der Waals surface area contributed by atoms with E-state index in [-0.39, 0.29) is 16.4 Å². The van der Waals surface area contributed by atoms with Crippen LogP contribution in [0.25, 0.3) is 0 Å². The Kier molecular flexibility index (Phi) is 9.90. The minimum absolute atomic E-state index is 0.215. The average molecular weight is 474 g/mol. The number of pyridine rings is 1. The number of carboxylic acids is 2. The number of hydrogen-bond acceptors (Lipinski definition) is 8. The molecule has 1 fully saturated rings. The van der Waals surface area contributed by atoms with E-state index < -0.39 is 11.9 Å². The van der Waals surface area contributed by atoms with Gasteiger partial charge >= 0.3 is 11.9 Å². The summed E-state index contributed by atoms with van der Waals surface area (Å²) in [5.74, 6) is -1.05. The zero-order valence-corrected chi connectivity index (χ0v) is 18.5. The van der Waals surface area contributed by atoms with Gasteiger partial charge < -0.3 is 19.8 Å². The van der Waals surface area contributed by atoms with Gasteiger partial charge in [-0.3, -0.25) is 14.9 Å². The Balaban J connectivity index is 0.000000414. The number of nitrogens with zero attached hydrogens (tertiary/aromatic N) is 2. The normalized spacial score (nSPS) is 14.9. The molecule has 0 radical (unpaired) electrons. The van der Waals surface area contributed by atoms with Crippen molar-refractivity contribution in [1.29, 1.82) is 0 Å². The van der Waals surface area contributed by atoms with Crippen molar-refractivity contribution >= 4 is 40.7 Å². The fraction of sp³-hybridized carbons (Fsp3) is 0.227. The number of amides is 2. The van der Waals surface area contributed by atoms with E-state index >= 15 is 0 Å². The van der Waals surface area contributed by atoms with Gasteiger partial charge in [0.2, 0.25) is 5.91 Å². The number of aromatic nitrogens is 1. The Morgan fingerprint density at radius 2 is 1.79 bits per heavy atom. The maximum absolute atomic E-state index is 11.6. The molecule has 10 nitrogen and oxygen atoms in total. The second-order valence-corrected chi connectivity index (χ2v) is 7.87. The first kappa shape index (κ1) is 25.4. The lowest BCUT2D eigenvalue weighted by atomic mass is 10.1. The minimum atomic E-state index is -1.26. The molecule has 3 rings (SSSR count). The summed E-state index contributed by atoms with van der Waals surface area (Å²) in [6, 6.07) is 13.4. The molecule has 1 aromatic heterocycles. The topological polar surface area (TPSA) is 146 Å². The zero-order chi connectivity index (χ0) is 24.2. The largest absolute Gasteiger partial charge is 0.492 e. The van der Waals surface area contributed by atoms with Gasteiger partial charge in [0.15, 0.2) is 0 Å². The van der Waals surface area contributed by atoms with Crippen molar-refractivity contribution < 1.29 is 34.1 Å². The highest BCUT2D eigenvalue weighted by molar-refractivity contribution is 8.15. The predicted octanol–water partition coefficient (Wildman–Crippen LogP) is 2.20. The van der Waals surface area contributed by atoms with Crippen LogP contribution in [0.4, 0.5) is 10.6 Å². The maximum Gasteiger partial charge on any atom is 0.328 e. The van der Waals surface area contributed by atoms with Crippen molar-refractivity contribution in [2.45, 2.75) is 11.7 Å². The van der Waals surface area contributed by atoms with Crippen LogP contribution < -0.4 is 15.0 Å². The number of aliphatic carboxylic acids is 2. The van der Waals surface area contributed by atoms with E-state index in [1.54, 1.807) is 6.20 Å². The highest BCUT2D eigenvalue weighted by Crippen LogP contribution is 2.23. The van der Waals surface area contributed by atoms with Gasteiger partial charge in [0.25, 0.3) is 5.24 Å². The Morgan fingerprint density at radius 3 is 2.30 bits per heavy atom. The Hall–Kier alpha value is -3.86. The van der Waals surface area contributed by atoms with Gasteiger partial charge in [-0.25, -0.2) is 14.6 Å². The molecule has 2 amide bonds. The lowest BCUT2D eigenvalue weighted by molar-refractivity contribution is -0.134.